The Morgan fingerprint density at radius 1 is 0.257 bits per heavy atom. The molecule has 448 valence electrons. The van der Waals surface area contributed by atoms with Crippen LogP contribution in [0.2, 0.25) is 0 Å². The maximum atomic E-state index is 3.54. The minimum atomic E-state index is 1.13. The lowest BCUT2D eigenvalue weighted by atomic mass is 10.1. The van der Waals surface area contributed by atoms with Crippen molar-refractivity contribution in [2.45, 2.75) is 375 Å². The summed E-state index contributed by atoms with van der Waals surface area (Å²) >= 11 is 0. The average molecular weight is 1050 g/mol. The molecule has 0 unspecified atom stereocenters. The molecule has 0 atom stereocenters. The van der Waals surface area contributed by atoms with Crippen molar-refractivity contribution >= 4 is 0 Å². The molecule has 0 amide bonds. The third-order valence-electron chi connectivity index (χ3n) is 16.3. The smallest absolute Gasteiger partial charge is 0.0256 e. The molecule has 74 heavy (non-hydrogen) atoms. The molecular formula is C69H147N5. The van der Waals surface area contributed by atoms with Crippen LogP contribution in [-0.2, 0) is 0 Å². The number of rotatable bonds is 59. The van der Waals surface area contributed by atoms with E-state index in [1.54, 1.807) is 0 Å². The predicted molar refractivity (Wildman–Crippen MR) is 341 cm³/mol. The van der Waals surface area contributed by atoms with Crippen molar-refractivity contribution in [2.75, 3.05) is 73.0 Å². The fourth-order valence-corrected chi connectivity index (χ4v) is 10.9. The van der Waals surface area contributed by atoms with Crippen LogP contribution >= 0.6 is 0 Å². The zero-order chi connectivity index (χ0) is 54.0. The van der Waals surface area contributed by atoms with E-state index in [1.165, 1.54) is 366 Å². The minimum Gasteiger partial charge on any atom is -0.314 e. The molecule has 0 spiro atoms. The lowest BCUT2D eigenvalue weighted by Gasteiger charge is -2.27. The molecule has 0 bridgehead atoms. The largest absolute Gasteiger partial charge is 0.314 e. The predicted octanol–water partition coefficient (Wildman–Crippen LogP) is 22.0. The van der Waals surface area contributed by atoms with Gasteiger partial charge in [0.05, 0.1) is 0 Å². The van der Waals surface area contributed by atoms with Crippen molar-refractivity contribution < 1.29 is 0 Å². The van der Waals surface area contributed by atoms with E-state index in [9.17, 15) is 0 Å². The standard InChI is InChI=1S/C28H59N.C25H53N.C16H35N3/c1-4-6-8-10-12-14-16-18-20-22-24-26-28-29(3)27-25-23-21-19-17-15-13-11-9-7-5-2;1-4-6-8-10-12-14-16-18-20-22-24-26(3)25-23-21-19-17-15-13-11-9-7-5-2;1-2-3-4-5-6-7-8-9-10-11-12-18-19-15-13-17-14-16-19/h4-28H2,1-3H3;4-25H2,1-3H3;17-18H,2-16H2,1H3. The van der Waals surface area contributed by atoms with Crippen molar-refractivity contribution in [3.63, 3.8) is 0 Å². The second kappa shape index (κ2) is 70.8. The number of hydrogen-bond acceptors (Lipinski definition) is 5. The van der Waals surface area contributed by atoms with E-state index < -0.39 is 0 Å². The Balaban J connectivity index is 0. The lowest BCUT2D eigenvalue weighted by molar-refractivity contribution is 0.163. The molecule has 1 saturated heterocycles. The van der Waals surface area contributed by atoms with E-state index in [0.717, 1.165) is 32.7 Å². The molecule has 2 N–H and O–H groups in total. The molecule has 0 aromatic carbocycles. The van der Waals surface area contributed by atoms with Crippen molar-refractivity contribution in [1.29, 1.82) is 0 Å². The quantitative estimate of drug-likeness (QED) is 0.0594. The fourth-order valence-electron chi connectivity index (χ4n) is 10.9. The van der Waals surface area contributed by atoms with Crippen LogP contribution in [0.4, 0.5) is 0 Å². The van der Waals surface area contributed by atoms with Gasteiger partial charge in [0.2, 0.25) is 0 Å². The van der Waals surface area contributed by atoms with Crippen molar-refractivity contribution in [3.8, 4) is 0 Å². The third-order valence-corrected chi connectivity index (χ3v) is 16.3. The highest BCUT2D eigenvalue weighted by Gasteiger charge is 2.08. The summed E-state index contributed by atoms with van der Waals surface area (Å²) in [5, 5.41) is 5.74. The Labute approximate surface area is 471 Å². The molecule has 5 nitrogen and oxygen atoms in total. The zero-order valence-corrected chi connectivity index (χ0v) is 53.2. The van der Waals surface area contributed by atoms with Crippen LogP contribution in [0.1, 0.15) is 375 Å². The first kappa shape index (κ1) is 75.9. The lowest BCUT2D eigenvalue weighted by Crippen LogP contribution is -2.50. The molecule has 0 saturated carbocycles. The van der Waals surface area contributed by atoms with Gasteiger partial charge in [-0.1, -0.05) is 343 Å². The molecule has 5 heteroatoms. The van der Waals surface area contributed by atoms with E-state index in [-0.39, 0.29) is 0 Å². The topological polar surface area (TPSA) is 33.8 Å². The van der Waals surface area contributed by atoms with Crippen molar-refractivity contribution in [2.24, 2.45) is 0 Å². The van der Waals surface area contributed by atoms with Crippen molar-refractivity contribution in [3.05, 3.63) is 0 Å². The number of unbranched alkanes of at least 4 members (excludes halogenated alkanes) is 48. The molecule has 0 aromatic heterocycles. The molecule has 1 fully saturated rings. The van der Waals surface area contributed by atoms with Gasteiger partial charge in [-0.2, -0.15) is 0 Å². The second-order valence-electron chi connectivity index (χ2n) is 24.2. The van der Waals surface area contributed by atoms with Crippen LogP contribution in [-0.4, -0.2) is 87.8 Å². The van der Waals surface area contributed by atoms with Gasteiger partial charge in [0, 0.05) is 32.7 Å². The summed E-state index contributed by atoms with van der Waals surface area (Å²) in [4.78, 5) is 5.14. The fraction of sp³-hybridized carbons (Fsp3) is 1.00. The van der Waals surface area contributed by atoms with Gasteiger partial charge < -0.3 is 15.1 Å². The second-order valence-corrected chi connectivity index (χ2v) is 24.2. The first-order chi connectivity index (χ1) is 36.5. The summed E-state index contributed by atoms with van der Waals surface area (Å²) in [5.74, 6) is 0. The van der Waals surface area contributed by atoms with Crippen LogP contribution in [0.25, 0.3) is 0 Å². The van der Waals surface area contributed by atoms with Crippen LogP contribution in [0.15, 0.2) is 0 Å². The van der Waals surface area contributed by atoms with Gasteiger partial charge in [0.1, 0.15) is 0 Å². The summed E-state index contributed by atoms with van der Waals surface area (Å²) < 4.78 is 0. The van der Waals surface area contributed by atoms with E-state index in [2.05, 4.69) is 74.3 Å². The molecule has 1 aliphatic heterocycles. The number of nitrogens with one attached hydrogen (secondary N) is 2. The van der Waals surface area contributed by atoms with E-state index >= 15 is 0 Å². The van der Waals surface area contributed by atoms with Gasteiger partial charge in [0.25, 0.3) is 0 Å². The monoisotopic (exact) mass is 1050 g/mol. The highest BCUT2D eigenvalue weighted by Crippen LogP contribution is 2.16. The van der Waals surface area contributed by atoms with Gasteiger partial charge in [-0.3, -0.25) is 5.43 Å². The van der Waals surface area contributed by atoms with Gasteiger partial charge in [0.15, 0.2) is 0 Å². The molecule has 1 rings (SSSR count). The number of nitrogens with zero attached hydrogens (tertiary/aromatic N) is 3. The normalized spacial score (nSPS) is 12.9. The van der Waals surface area contributed by atoms with E-state index in [1.807, 2.05) is 0 Å². The minimum absolute atomic E-state index is 1.13. The van der Waals surface area contributed by atoms with Gasteiger partial charge in [-0.05, 0) is 72.4 Å². The van der Waals surface area contributed by atoms with Crippen molar-refractivity contribution in [1.82, 2.24) is 25.6 Å². The van der Waals surface area contributed by atoms with E-state index in [4.69, 9.17) is 0 Å². The molecule has 1 heterocycles. The molecule has 1 aliphatic rings. The summed E-state index contributed by atoms with van der Waals surface area (Å²) in [7, 11) is 4.65. The maximum Gasteiger partial charge on any atom is 0.0256 e. The maximum absolute atomic E-state index is 3.54. The SMILES string of the molecule is CCCCCCCCCCCCCCN(C)CCCCCCCCCCCCC.CCCCCCCCCCCCN(C)CCCCCCCCCCCC.CCCCCCCCCCCCNN1CCNCC1. The summed E-state index contributed by atoms with van der Waals surface area (Å²) in [6, 6.07) is 0. The highest BCUT2D eigenvalue weighted by molar-refractivity contribution is 4.64. The van der Waals surface area contributed by atoms with E-state index in [0.29, 0.717) is 0 Å². The van der Waals surface area contributed by atoms with Gasteiger partial charge in [-0.25, -0.2) is 5.01 Å². The average Bonchev–Trinajstić information content (AvgIpc) is 3.41. The van der Waals surface area contributed by atoms with Crippen LogP contribution in [0, 0.1) is 0 Å². The Morgan fingerprint density at radius 2 is 0.432 bits per heavy atom. The molecule has 0 aromatic rings. The summed E-state index contributed by atoms with van der Waals surface area (Å²) in [6.07, 6.45) is 76.5. The first-order valence-electron chi connectivity index (χ1n) is 35.1. The summed E-state index contributed by atoms with van der Waals surface area (Å²) in [6.45, 7) is 22.5. The van der Waals surface area contributed by atoms with Gasteiger partial charge >= 0.3 is 0 Å². The Bertz CT molecular complexity index is 900. The number of hydrogen-bond donors (Lipinski definition) is 2. The van der Waals surface area contributed by atoms with Gasteiger partial charge in [-0.15, -0.1) is 0 Å². The zero-order valence-electron chi connectivity index (χ0n) is 53.2. The Morgan fingerprint density at radius 3 is 0.635 bits per heavy atom. The molecular weight excluding hydrogens is 899 g/mol. The Kier molecular flexibility index (Phi) is 72.6. The highest BCUT2D eigenvalue weighted by atomic mass is 15.5. The van der Waals surface area contributed by atoms with Crippen LogP contribution in [0.5, 0.6) is 0 Å². The first-order valence-corrected chi connectivity index (χ1v) is 35.1. The summed E-state index contributed by atoms with van der Waals surface area (Å²) in [5.41, 5.74) is 3.54. The number of hydrazine groups is 1. The third kappa shape index (κ3) is 69.8. The number of piperazine rings is 1. The molecule has 0 radical (unpaired) electrons. The Hall–Kier alpha value is -0.200. The van der Waals surface area contributed by atoms with Crippen LogP contribution < -0.4 is 10.7 Å². The molecule has 0 aliphatic carbocycles. The van der Waals surface area contributed by atoms with Crippen LogP contribution in [0.3, 0.4) is 0 Å².